The third kappa shape index (κ3) is 3.48. The molecule has 118 valence electrons. The summed E-state index contributed by atoms with van der Waals surface area (Å²) in [6, 6.07) is 12.7. The lowest BCUT2D eigenvalue weighted by molar-refractivity contribution is 0.0949. The molecule has 0 saturated carbocycles. The Morgan fingerprint density at radius 3 is 2.70 bits per heavy atom. The van der Waals surface area contributed by atoms with Crippen LogP contribution < -0.4 is 10.1 Å². The highest BCUT2D eigenvalue weighted by molar-refractivity contribution is 5.94. The molecule has 3 rings (SSSR count). The van der Waals surface area contributed by atoms with Crippen LogP contribution in [-0.2, 0) is 6.54 Å². The molecule has 2 heterocycles. The van der Waals surface area contributed by atoms with Gasteiger partial charge in [0.1, 0.15) is 5.75 Å². The minimum absolute atomic E-state index is 0.107. The van der Waals surface area contributed by atoms with Crippen molar-refractivity contribution in [1.82, 2.24) is 19.9 Å². The zero-order chi connectivity index (χ0) is 16.2. The van der Waals surface area contributed by atoms with Gasteiger partial charge in [-0.2, -0.15) is 0 Å². The number of pyridine rings is 1. The fraction of sp³-hybridized carbons (Fsp3) is 0.235. The standard InChI is InChI=1S/C17H18N4O2/c1-12(2)23-14-8-6-13(7-9-14)17(22)18-11-16-20-19-15-5-3-4-10-21(15)16/h3-10,12H,11H2,1-2H3,(H,18,22). The van der Waals surface area contributed by atoms with Crippen molar-refractivity contribution >= 4 is 11.6 Å². The smallest absolute Gasteiger partial charge is 0.251 e. The summed E-state index contributed by atoms with van der Waals surface area (Å²) in [5.74, 6) is 1.28. The van der Waals surface area contributed by atoms with E-state index < -0.39 is 0 Å². The van der Waals surface area contributed by atoms with Gasteiger partial charge in [-0.3, -0.25) is 9.20 Å². The zero-order valence-electron chi connectivity index (χ0n) is 13.1. The lowest BCUT2D eigenvalue weighted by Gasteiger charge is -2.10. The monoisotopic (exact) mass is 310 g/mol. The molecule has 6 heteroatoms. The highest BCUT2D eigenvalue weighted by Crippen LogP contribution is 2.14. The number of nitrogens with zero attached hydrogens (tertiary/aromatic N) is 3. The molecule has 0 aliphatic rings. The van der Waals surface area contributed by atoms with Crippen molar-refractivity contribution in [2.75, 3.05) is 0 Å². The Morgan fingerprint density at radius 2 is 1.96 bits per heavy atom. The van der Waals surface area contributed by atoms with Crippen LogP contribution in [-0.4, -0.2) is 26.6 Å². The van der Waals surface area contributed by atoms with Gasteiger partial charge in [0.15, 0.2) is 11.5 Å². The zero-order valence-corrected chi connectivity index (χ0v) is 13.1. The van der Waals surface area contributed by atoms with Gasteiger partial charge in [-0.1, -0.05) is 6.07 Å². The fourth-order valence-corrected chi connectivity index (χ4v) is 2.23. The van der Waals surface area contributed by atoms with Crippen LogP contribution in [0, 0.1) is 0 Å². The minimum Gasteiger partial charge on any atom is -0.491 e. The van der Waals surface area contributed by atoms with Gasteiger partial charge in [-0.05, 0) is 50.2 Å². The largest absolute Gasteiger partial charge is 0.491 e. The molecule has 1 aromatic carbocycles. The van der Waals surface area contributed by atoms with Gasteiger partial charge in [0.25, 0.3) is 5.91 Å². The second-order valence-electron chi connectivity index (χ2n) is 5.42. The number of amides is 1. The lowest BCUT2D eigenvalue weighted by Crippen LogP contribution is -2.24. The summed E-state index contributed by atoms with van der Waals surface area (Å²) < 4.78 is 7.41. The topological polar surface area (TPSA) is 68.5 Å². The van der Waals surface area contributed by atoms with E-state index in [0.29, 0.717) is 17.9 Å². The fourth-order valence-electron chi connectivity index (χ4n) is 2.23. The van der Waals surface area contributed by atoms with Crippen LogP contribution in [0.25, 0.3) is 5.65 Å². The normalized spacial score (nSPS) is 10.9. The van der Waals surface area contributed by atoms with Gasteiger partial charge in [0.05, 0.1) is 12.6 Å². The van der Waals surface area contributed by atoms with Crippen molar-refractivity contribution < 1.29 is 9.53 Å². The maximum absolute atomic E-state index is 12.2. The molecule has 6 nitrogen and oxygen atoms in total. The van der Waals surface area contributed by atoms with Gasteiger partial charge in [0.2, 0.25) is 0 Å². The second-order valence-corrected chi connectivity index (χ2v) is 5.42. The predicted octanol–water partition coefficient (Wildman–Crippen LogP) is 2.45. The molecule has 0 bridgehead atoms. The van der Waals surface area contributed by atoms with E-state index in [4.69, 9.17) is 4.74 Å². The first-order valence-electron chi connectivity index (χ1n) is 7.47. The van der Waals surface area contributed by atoms with Crippen molar-refractivity contribution in [3.05, 3.63) is 60.0 Å². The Labute approximate surface area is 134 Å². The molecular formula is C17H18N4O2. The predicted molar refractivity (Wildman–Crippen MR) is 86.4 cm³/mol. The Balaban J connectivity index is 1.65. The number of rotatable bonds is 5. The summed E-state index contributed by atoms with van der Waals surface area (Å²) in [4.78, 5) is 12.2. The van der Waals surface area contributed by atoms with E-state index in [1.165, 1.54) is 0 Å². The van der Waals surface area contributed by atoms with Crippen LogP contribution in [0.1, 0.15) is 30.0 Å². The first kappa shape index (κ1) is 15.0. The van der Waals surface area contributed by atoms with Gasteiger partial charge in [-0.15, -0.1) is 10.2 Å². The summed E-state index contributed by atoms with van der Waals surface area (Å²) >= 11 is 0. The maximum Gasteiger partial charge on any atom is 0.251 e. The van der Waals surface area contributed by atoms with Crippen molar-refractivity contribution in [3.63, 3.8) is 0 Å². The third-order valence-corrected chi connectivity index (χ3v) is 3.28. The molecule has 0 atom stereocenters. The van der Waals surface area contributed by atoms with Gasteiger partial charge in [-0.25, -0.2) is 0 Å². The lowest BCUT2D eigenvalue weighted by atomic mass is 10.2. The van der Waals surface area contributed by atoms with Crippen LogP contribution in [0.2, 0.25) is 0 Å². The molecule has 0 radical (unpaired) electrons. The Kier molecular flexibility index (Phi) is 4.23. The van der Waals surface area contributed by atoms with E-state index in [1.54, 1.807) is 24.3 Å². The molecule has 0 spiro atoms. The number of carbonyl (C=O) groups is 1. The van der Waals surface area contributed by atoms with Crippen molar-refractivity contribution in [2.24, 2.45) is 0 Å². The molecule has 1 amide bonds. The number of hydrogen-bond acceptors (Lipinski definition) is 4. The molecule has 2 aromatic heterocycles. The first-order valence-corrected chi connectivity index (χ1v) is 7.47. The SMILES string of the molecule is CC(C)Oc1ccc(C(=O)NCc2nnc3ccccn23)cc1. The molecule has 23 heavy (non-hydrogen) atoms. The Bertz CT molecular complexity index is 809. The highest BCUT2D eigenvalue weighted by atomic mass is 16.5. The van der Waals surface area contributed by atoms with Crippen LogP contribution in [0.15, 0.2) is 48.7 Å². The van der Waals surface area contributed by atoms with Gasteiger partial charge < -0.3 is 10.1 Å². The van der Waals surface area contributed by atoms with Crippen molar-refractivity contribution in [3.8, 4) is 5.75 Å². The van der Waals surface area contributed by atoms with E-state index in [-0.39, 0.29) is 12.0 Å². The van der Waals surface area contributed by atoms with Crippen molar-refractivity contribution in [2.45, 2.75) is 26.5 Å². The average molecular weight is 310 g/mol. The van der Waals surface area contributed by atoms with Crippen LogP contribution in [0.5, 0.6) is 5.75 Å². The van der Waals surface area contributed by atoms with Crippen LogP contribution in [0.3, 0.4) is 0 Å². The molecule has 3 aromatic rings. The Morgan fingerprint density at radius 1 is 1.17 bits per heavy atom. The summed E-state index contributed by atoms with van der Waals surface area (Å²) in [5.41, 5.74) is 1.34. The summed E-state index contributed by atoms with van der Waals surface area (Å²) in [6.45, 7) is 4.24. The first-order chi connectivity index (χ1) is 11.1. The second kappa shape index (κ2) is 6.48. The van der Waals surface area contributed by atoms with E-state index in [1.807, 2.05) is 42.6 Å². The molecule has 0 aliphatic carbocycles. The molecule has 0 unspecified atom stereocenters. The number of ether oxygens (including phenoxy) is 1. The van der Waals surface area contributed by atoms with E-state index in [2.05, 4.69) is 15.5 Å². The Hall–Kier alpha value is -2.89. The van der Waals surface area contributed by atoms with Gasteiger partial charge in [0, 0.05) is 11.8 Å². The van der Waals surface area contributed by atoms with E-state index in [0.717, 1.165) is 11.4 Å². The van der Waals surface area contributed by atoms with Crippen LogP contribution >= 0.6 is 0 Å². The number of fused-ring (bicyclic) bond motifs is 1. The molecule has 0 fully saturated rings. The number of nitrogens with one attached hydrogen (secondary N) is 1. The van der Waals surface area contributed by atoms with Crippen LogP contribution in [0.4, 0.5) is 0 Å². The van der Waals surface area contributed by atoms with Crippen molar-refractivity contribution in [1.29, 1.82) is 0 Å². The molecule has 1 N–H and O–H groups in total. The maximum atomic E-state index is 12.2. The number of aromatic nitrogens is 3. The third-order valence-electron chi connectivity index (χ3n) is 3.28. The number of hydrogen-bond donors (Lipinski definition) is 1. The van der Waals surface area contributed by atoms with Gasteiger partial charge >= 0.3 is 0 Å². The molecule has 0 saturated heterocycles. The quantitative estimate of drug-likeness (QED) is 0.786. The van der Waals surface area contributed by atoms with E-state index in [9.17, 15) is 4.79 Å². The summed E-state index contributed by atoms with van der Waals surface area (Å²) in [5, 5.41) is 11.0. The summed E-state index contributed by atoms with van der Waals surface area (Å²) in [7, 11) is 0. The molecular weight excluding hydrogens is 292 g/mol. The number of carbonyl (C=O) groups excluding carboxylic acids is 1. The highest BCUT2D eigenvalue weighted by Gasteiger charge is 2.09. The molecule has 0 aliphatic heterocycles. The number of benzene rings is 1. The average Bonchev–Trinajstić information content (AvgIpc) is 2.96. The minimum atomic E-state index is -0.159. The summed E-state index contributed by atoms with van der Waals surface area (Å²) in [6.07, 6.45) is 1.98. The van der Waals surface area contributed by atoms with E-state index >= 15 is 0 Å².